The lowest BCUT2D eigenvalue weighted by atomic mass is 10.1. The minimum Gasteiger partial charge on any atom is -0.485 e. The van der Waals surface area contributed by atoms with Crippen LogP contribution in [0.15, 0.2) is 49.1 Å². The second-order valence-corrected chi connectivity index (χ2v) is 3.63. The van der Waals surface area contributed by atoms with Crippen LogP contribution >= 0.6 is 0 Å². The van der Waals surface area contributed by atoms with E-state index in [1.54, 1.807) is 6.92 Å². The van der Waals surface area contributed by atoms with Gasteiger partial charge in [0.2, 0.25) is 0 Å². The van der Waals surface area contributed by atoms with Crippen LogP contribution in [0.5, 0.6) is 5.75 Å². The van der Waals surface area contributed by atoms with Crippen LogP contribution in [0.25, 0.3) is 0 Å². The SMILES string of the molecule is C=CCc1ccc(OCC(=O)C(=C)C)cc1. The Labute approximate surface area is 96.2 Å². The number of ether oxygens (including phenoxy) is 1. The van der Waals surface area contributed by atoms with Crippen molar-refractivity contribution < 1.29 is 9.53 Å². The van der Waals surface area contributed by atoms with Crippen molar-refractivity contribution in [3.05, 3.63) is 54.6 Å². The molecule has 2 nitrogen and oxygen atoms in total. The molecule has 0 saturated carbocycles. The van der Waals surface area contributed by atoms with Crippen molar-refractivity contribution >= 4 is 5.78 Å². The number of benzene rings is 1. The van der Waals surface area contributed by atoms with Crippen LogP contribution in [-0.4, -0.2) is 12.4 Å². The van der Waals surface area contributed by atoms with Crippen molar-refractivity contribution in [3.63, 3.8) is 0 Å². The third kappa shape index (κ3) is 3.73. The molecule has 16 heavy (non-hydrogen) atoms. The fraction of sp³-hybridized carbons (Fsp3) is 0.214. The highest BCUT2D eigenvalue weighted by Crippen LogP contribution is 2.13. The van der Waals surface area contributed by atoms with Crippen molar-refractivity contribution in [2.45, 2.75) is 13.3 Å². The van der Waals surface area contributed by atoms with Crippen molar-refractivity contribution in [3.8, 4) is 5.75 Å². The predicted octanol–water partition coefficient (Wildman–Crippen LogP) is 2.94. The summed E-state index contributed by atoms with van der Waals surface area (Å²) in [5.74, 6) is 0.623. The number of rotatable bonds is 6. The molecule has 0 radical (unpaired) electrons. The molecule has 0 bridgehead atoms. The molecule has 0 heterocycles. The summed E-state index contributed by atoms with van der Waals surface area (Å²) in [4.78, 5) is 11.2. The molecular weight excluding hydrogens is 200 g/mol. The molecule has 0 aliphatic heterocycles. The molecule has 0 aliphatic carbocycles. The summed E-state index contributed by atoms with van der Waals surface area (Å²) >= 11 is 0. The molecule has 0 spiro atoms. The minimum absolute atomic E-state index is 0.0517. The second kappa shape index (κ2) is 5.91. The monoisotopic (exact) mass is 216 g/mol. The van der Waals surface area contributed by atoms with Gasteiger partial charge in [-0.25, -0.2) is 0 Å². The maximum Gasteiger partial charge on any atom is 0.195 e. The Morgan fingerprint density at radius 3 is 2.50 bits per heavy atom. The van der Waals surface area contributed by atoms with Gasteiger partial charge in [-0.3, -0.25) is 4.79 Å². The zero-order valence-corrected chi connectivity index (χ0v) is 9.53. The Balaban J connectivity index is 2.52. The van der Waals surface area contributed by atoms with E-state index in [1.165, 1.54) is 5.56 Å². The Kier molecular flexibility index (Phi) is 4.52. The summed E-state index contributed by atoms with van der Waals surface area (Å²) in [5.41, 5.74) is 1.69. The molecule has 1 aromatic carbocycles. The smallest absolute Gasteiger partial charge is 0.195 e. The summed E-state index contributed by atoms with van der Waals surface area (Å²) in [6.45, 7) is 8.97. The van der Waals surface area contributed by atoms with E-state index >= 15 is 0 Å². The molecule has 0 fully saturated rings. The van der Waals surface area contributed by atoms with Crippen molar-refractivity contribution in [1.29, 1.82) is 0 Å². The third-order valence-electron chi connectivity index (χ3n) is 2.15. The van der Waals surface area contributed by atoms with Gasteiger partial charge in [-0.05, 0) is 36.6 Å². The van der Waals surface area contributed by atoms with E-state index in [1.807, 2.05) is 30.3 Å². The van der Waals surface area contributed by atoms with Crippen LogP contribution < -0.4 is 4.74 Å². The van der Waals surface area contributed by atoms with Crippen LogP contribution in [0, 0.1) is 0 Å². The van der Waals surface area contributed by atoms with Gasteiger partial charge in [0.05, 0.1) is 0 Å². The third-order valence-corrected chi connectivity index (χ3v) is 2.15. The molecule has 0 amide bonds. The minimum atomic E-state index is -0.0739. The fourth-order valence-electron chi connectivity index (χ4n) is 1.16. The highest BCUT2D eigenvalue weighted by Gasteiger charge is 2.03. The van der Waals surface area contributed by atoms with Crippen LogP contribution in [0.4, 0.5) is 0 Å². The van der Waals surface area contributed by atoms with E-state index in [0.29, 0.717) is 11.3 Å². The topological polar surface area (TPSA) is 26.3 Å². The van der Waals surface area contributed by atoms with Gasteiger partial charge in [-0.1, -0.05) is 24.8 Å². The van der Waals surface area contributed by atoms with E-state index in [4.69, 9.17) is 4.74 Å². The number of ketones is 1. The molecule has 1 aromatic rings. The molecule has 0 atom stereocenters. The Hall–Kier alpha value is -1.83. The predicted molar refractivity (Wildman–Crippen MR) is 65.7 cm³/mol. The molecule has 0 saturated heterocycles. The molecule has 2 heteroatoms. The van der Waals surface area contributed by atoms with E-state index in [0.717, 1.165) is 6.42 Å². The average Bonchev–Trinajstić information content (AvgIpc) is 2.28. The van der Waals surface area contributed by atoms with Gasteiger partial charge in [0.1, 0.15) is 5.75 Å². The van der Waals surface area contributed by atoms with Crippen LogP contribution in [0.3, 0.4) is 0 Å². The summed E-state index contributed by atoms with van der Waals surface area (Å²) < 4.78 is 5.33. The first-order chi connectivity index (χ1) is 7.63. The van der Waals surface area contributed by atoms with E-state index in [-0.39, 0.29) is 12.4 Å². The summed E-state index contributed by atoms with van der Waals surface area (Å²) in [7, 11) is 0. The van der Waals surface area contributed by atoms with Gasteiger partial charge in [0, 0.05) is 0 Å². The summed E-state index contributed by atoms with van der Waals surface area (Å²) in [5, 5.41) is 0. The molecular formula is C14H16O2. The first-order valence-corrected chi connectivity index (χ1v) is 5.15. The number of carbonyl (C=O) groups excluding carboxylic acids is 1. The lowest BCUT2D eigenvalue weighted by Crippen LogP contribution is -2.11. The number of Topliss-reactive ketones (excluding diaryl/α,β-unsaturated/α-hetero) is 1. The quantitative estimate of drug-likeness (QED) is 0.540. The molecule has 0 N–H and O–H groups in total. The van der Waals surface area contributed by atoms with Gasteiger partial charge in [-0.2, -0.15) is 0 Å². The zero-order chi connectivity index (χ0) is 12.0. The summed E-state index contributed by atoms with van der Waals surface area (Å²) in [6.07, 6.45) is 2.69. The number of hydrogen-bond donors (Lipinski definition) is 0. The van der Waals surface area contributed by atoms with Crippen LogP contribution in [0.2, 0.25) is 0 Å². The van der Waals surface area contributed by atoms with Gasteiger partial charge < -0.3 is 4.74 Å². The lowest BCUT2D eigenvalue weighted by molar-refractivity contribution is -0.117. The van der Waals surface area contributed by atoms with E-state index in [9.17, 15) is 4.79 Å². The van der Waals surface area contributed by atoms with E-state index in [2.05, 4.69) is 13.2 Å². The molecule has 1 rings (SSSR count). The molecule has 0 aliphatic rings. The summed E-state index contributed by atoms with van der Waals surface area (Å²) in [6, 6.07) is 7.62. The van der Waals surface area contributed by atoms with Crippen molar-refractivity contribution in [1.82, 2.24) is 0 Å². The second-order valence-electron chi connectivity index (χ2n) is 3.63. The van der Waals surface area contributed by atoms with Gasteiger partial charge in [0.15, 0.2) is 12.4 Å². The lowest BCUT2D eigenvalue weighted by Gasteiger charge is -2.05. The van der Waals surface area contributed by atoms with Gasteiger partial charge >= 0.3 is 0 Å². The van der Waals surface area contributed by atoms with Crippen LogP contribution in [0.1, 0.15) is 12.5 Å². The zero-order valence-electron chi connectivity index (χ0n) is 9.53. The fourth-order valence-corrected chi connectivity index (χ4v) is 1.16. The number of hydrogen-bond acceptors (Lipinski definition) is 2. The molecule has 0 aromatic heterocycles. The van der Waals surface area contributed by atoms with Crippen molar-refractivity contribution in [2.24, 2.45) is 0 Å². The Bertz CT molecular complexity index is 388. The maximum absolute atomic E-state index is 11.2. The van der Waals surface area contributed by atoms with Gasteiger partial charge in [0.25, 0.3) is 0 Å². The first kappa shape index (κ1) is 12.2. The maximum atomic E-state index is 11.2. The Morgan fingerprint density at radius 2 is 2.00 bits per heavy atom. The van der Waals surface area contributed by atoms with E-state index < -0.39 is 0 Å². The Morgan fingerprint density at radius 1 is 1.38 bits per heavy atom. The number of allylic oxidation sites excluding steroid dienone is 1. The standard InChI is InChI=1S/C14H16O2/c1-4-5-12-6-8-13(9-7-12)16-10-14(15)11(2)3/h4,6-9H,1-2,5,10H2,3H3. The number of carbonyl (C=O) groups is 1. The largest absolute Gasteiger partial charge is 0.485 e. The highest BCUT2D eigenvalue weighted by atomic mass is 16.5. The first-order valence-electron chi connectivity index (χ1n) is 5.15. The highest BCUT2D eigenvalue weighted by molar-refractivity contribution is 5.95. The van der Waals surface area contributed by atoms with Crippen molar-refractivity contribution in [2.75, 3.05) is 6.61 Å². The molecule has 0 unspecified atom stereocenters. The average molecular weight is 216 g/mol. The van der Waals surface area contributed by atoms with Crippen LogP contribution in [-0.2, 0) is 11.2 Å². The van der Waals surface area contributed by atoms with Gasteiger partial charge in [-0.15, -0.1) is 6.58 Å². The normalized spacial score (nSPS) is 9.56. The molecule has 84 valence electrons.